The first-order chi connectivity index (χ1) is 12.2. The average Bonchev–Trinajstić information content (AvgIpc) is 2.54. The van der Waals surface area contributed by atoms with E-state index >= 15 is 0 Å². The van der Waals surface area contributed by atoms with Gasteiger partial charge in [0.25, 0.3) is 0 Å². The molecule has 6 heteroatoms. The van der Waals surface area contributed by atoms with E-state index in [2.05, 4.69) is 10.0 Å². The summed E-state index contributed by atoms with van der Waals surface area (Å²) >= 11 is 0. The third kappa shape index (κ3) is 5.16. The van der Waals surface area contributed by atoms with Crippen LogP contribution in [0.3, 0.4) is 0 Å². The van der Waals surface area contributed by atoms with Crippen molar-refractivity contribution in [3.63, 3.8) is 0 Å². The molecule has 26 heavy (non-hydrogen) atoms. The number of hydrogen-bond donors (Lipinski definition) is 2. The molecule has 0 aliphatic heterocycles. The Morgan fingerprint density at radius 3 is 2.19 bits per heavy atom. The molecule has 5 nitrogen and oxygen atoms in total. The van der Waals surface area contributed by atoms with Crippen LogP contribution in [0, 0.1) is 20.8 Å². The van der Waals surface area contributed by atoms with Crippen molar-refractivity contribution in [2.45, 2.75) is 45.1 Å². The molecule has 2 aromatic carbocycles. The molecule has 0 saturated carbocycles. The van der Waals surface area contributed by atoms with Gasteiger partial charge in [-0.05, 0) is 44.4 Å². The lowest BCUT2D eigenvalue weighted by Crippen LogP contribution is -2.32. The number of rotatable bonds is 7. The lowest BCUT2D eigenvalue weighted by Gasteiger charge is -2.15. The largest absolute Gasteiger partial charge is 0.350 e. The van der Waals surface area contributed by atoms with Crippen LogP contribution in [0.2, 0.25) is 0 Å². The van der Waals surface area contributed by atoms with Gasteiger partial charge in [0.15, 0.2) is 0 Å². The highest BCUT2D eigenvalue weighted by Gasteiger charge is 2.20. The summed E-state index contributed by atoms with van der Waals surface area (Å²) in [4.78, 5) is 12.4. The van der Waals surface area contributed by atoms with Crippen LogP contribution in [0.1, 0.15) is 41.6 Å². The molecule has 140 valence electrons. The highest BCUT2D eigenvalue weighted by molar-refractivity contribution is 7.89. The minimum Gasteiger partial charge on any atom is -0.350 e. The molecule has 2 rings (SSSR count). The van der Waals surface area contributed by atoms with Crippen molar-refractivity contribution in [2.24, 2.45) is 0 Å². The fourth-order valence-electron chi connectivity index (χ4n) is 3.10. The van der Waals surface area contributed by atoms with Crippen molar-refractivity contribution in [2.75, 3.05) is 6.54 Å². The molecule has 0 aliphatic carbocycles. The lowest BCUT2D eigenvalue weighted by molar-refractivity contribution is -0.121. The van der Waals surface area contributed by atoms with E-state index in [0.29, 0.717) is 16.0 Å². The Hall–Kier alpha value is -2.18. The molecule has 1 amide bonds. The van der Waals surface area contributed by atoms with Crippen LogP contribution in [0.5, 0.6) is 0 Å². The summed E-state index contributed by atoms with van der Waals surface area (Å²) < 4.78 is 27.7. The predicted molar refractivity (Wildman–Crippen MR) is 103 cm³/mol. The summed E-state index contributed by atoms with van der Waals surface area (Å²) in [6.07, 6.45) is 0.0837. The predicted octanol–water partition coefficient (Wildman–Crippen LogP) is 3.16. The molecule has 1 atom stereocenters. The van der Waals surface area contributed by atoms with Gasteiger partial charge in [0.05, 0.1) is 10.9 Å². The van der Waals surface area contributed by atoms with Crippen LogP contribution in [-0.2, 0) is 14.8 Å². The monoisotopic (exact) mass is 374 g/mol. The zero-order valence-electron chi connectivity index (χ0n) is 15.7. The number of aryl methyl sites for hydroxylation is 3. The summed E-state index contributed by atoms with van der Waals surface area (Å²) in [6, 6.07) is 13.2. The Morgan fingerprint density at radius 2 is 1.62 bits per heavy atom. The topological polar surface area (TPSA) is 75.3 Å². The zero-order valence-corrected chi connectivity index (χ0v) is 16.5. The van der Waals surface area contributed by atoms with E-state index in [9.17, 15) is 13.2 Å². The fraction of sp³-hybridized carbons (Fsp3) is 0.350. The maximum atomic E-state index is 12.6. The summed E-state index contributed by atoms with van der Waals surface area (Å²) in [6.45, 7) is 7.45. The molecule has 0 aliphatic rings. The van der Waals surface area contributed by atoms with Crippen LogP contribution in [0.25, 0.3) is 0 Å². The number of nitrogens with one attached hydrogen (secondary N) is 2. The van der Waals surface area contributed by atoms with Crippen LogP contribution in [-0.4, -0.2) is 20.9 Å². The Labute approximate surface area is 155 Å². The number of sulfonamides is 1. The zero-order chi connectivity index (χ0) is 19.3. The number of amides is 1. The van der Waals surface area contributed by atoms with Gasteiger partial charge < -0.3 is 5.32 Å². The molecule has 0 heterocycles. The van der Waals surface area contributed by atoms with Gasteiger partial charge in [0.2, 0.25) is 15.9 Å². The van der Waals surface area contributed by atoms with Crippen molar-refractivity contribution < 1.29 is 13.2 Å². The van der Waals surface area contributed by atoms with Gasteiger partial charge >= 0.3 is 0 Å². The highest BCUT2D eigenvalue weighted by atomic mass is 32.2. The molecule has 0 radical (unpaired) electrons. The van der Waals surface area contributed by atoms with Gasteiger partial charge in [0.1, 0.15) is 0 Å². The number of hydrogen-bond acceptors (Lipinski definition) is 3. The molecule has 2 aromatic rings. The molecule has 2 N–H and O–H groups in total. The molecular formula is C20H26N2O3S. The first kappa shape index (κ1) is 20.1. The number of carbonyl (C=O) groups excluding carboxylic acids is 1. The standard InChI is InChI=1S/C20H26N2O3S/c1-14-12-15(2)20(16(3)13-14)26(24,25)21-11-10-19(23)22-17(4)18-8-6-5-7-9-18/h5-9,12-13,17,21H,10-11H2,1-4H3,(H,22,23). The van der Waals surface area contributed by atoms with Crippen molar-refractivity contribution in [3.05, 3.63) is 64.7 Å². The summed E-state index contributed by atoms with van der Waals surface area (Å²) in [5.41, 5.74) is 3.44. The molecule has 0 aromatic heterocycles. The number of benzene rings is 2. The van der Waals surface area contributed by atoms with Crippen molar-refractivity contribution >= 4 is 15.9 Å². The van der Waals surface area contributed by atoms with E-state index in [4.69, 9.17) is 0 Å². The minimum absolute atomic E-state index is 0.0580. The molecule has 1 unspecified atom stereocenters. The van der Waals surface area contributed by atoms with Gasteiger partial charge in [-0.2, -0.15) is 0 Å². The third-order valence-corrected chi connectivity index (χ3v) is 5.96. The molecule has 0 fully saturated rings. The van der Waals surface area contributed by atoms with Crippen LogP contribution in [0.15, 0.2) is 47.4 Å². The van der Waals surface area contributed by atoms with E-state index in [-0.39, 0.29) is 24.9 Å². The average molecular weight is 375 g/mol. The molecular weight excluding hydrogens is 348 g/mol. The Kier molecular flexibility index (Phi) is 6.56. The maximum absolute atomic E-state index is 12.6. The van der Waals surface area contributed by atoms with Gasteiger partial charge in [-0.25, -0.2) is 13.1 Å². The summed E-state index contributed by atoms with van der Waals surface area (Å²) in [7, 11) is -3.64. The maximum Gasteiger partial charge on any atom is 0.241 e. The van der Waals surface area contributed by atoms with E-state index < -0.39 is 10.0 Å². The first-order valence-corrected chi connectivity index (χ1v) is 10.1. The quantitative estimate of drug-likeness (QED) is 0.782. The van der Waals surface area contributed by atoms with E-state index in [0.717, 1.165) is 11.1 Å². The first-order valence-electron chi connectivity index (χ1n) is 8.62. The van der Waals surface area contributed by atoms with Crippen molar-refractivity contribution in [1.82, 2.24) is 10.0 Å². The second-order valence-electron chi connectivity index (χ2n) is 6.58. The lowest BCUT2D eigenvalue weighted by atomic mass is 10.1. The van der Waals surface area contributed by atoms with E-state index in [1.165, 1.54) is 0 Å². The molecule has 0 saturated heterocycles. The Morgan fingerprint density at radius 1 is 1.04 bits per heavy atom. The highest BCUT2D eigenvalue weighted by Crippen LogP contribution is 2.21. The van der Waals surface area contributed by atoms with Gasteiger partial charge in [0, 0.05) is 13.0 Å². The van der Waals surface area contributed by atoms with Gasteiger partial charge in [-0.15, -0.1) is 0 Å². The minimum atomic E-state index is -3.64. The van der Waals surface area contributed by atoms with Crippen LogP contribution < -0.4 is 10.0 Å². The van der Waals surface area contributed by atoms with E-state index in [1.54, 1.807) is 13.8 Å². The Bertz CT molecular complexity index is 854. The van der Waals surface area contributed by atoms with Crippen molar-refractivity contribution in [1.29, 1.82) is 0 Å². The summed E-state index contributed by atoms with van der Waals surface area (Å²) in [5, 5.41) is 2.88. The van der Waals surface area contributed by atoms with E-state index in [1.807, 2.05) is 56.3 Å². The smallest absolute Gasteiger partial charge is 0.241 e. The van der Waals surface area contributed by atoms with Crippen LogP contribution in [0.4, 0.5) is 0 Å². The molecule has 0 spiro atoms. The summed E-state index contributed by atoms with van der Waals surface area (Å²) in [5.74, 6) is -0.193. The second-order valence-corrected chi connectivity index (χ2v) is 8.28. The number of carbonyl (C=O) groups is 1. The van der Waals surface area contributed by atoms with Crippen LogP contribution >= 0.6 is 0 Å². The third-order valence-electron chi connectivity index (χ3n) is 4.19. The van der Waals surface area contributed by atoms with Crippen molar-refractivity contribution in [3.8, 4) is 0 Å². The van der Waals surface area contributed by atoms with Gasteiger partial charge in [-0.1, -0.05) is 48.0 Å². The second kappa shape index (κ2) is 8.47. The SMILES string of the molecule is Cc1cc(C)c(S(=O)(=O)NCCC(=O)NC(C)c2ccccc2)c(C)c1. The fourth-order valence-corrected chi connectivity index (χ4v) is 4.58. The normalized spacial score (nSPS) is 12.6. The van der Waals surface area contributed by atoms with Gasteiger partial charge in [-0.3, -0.25) is 4.79 Å². The Balaban J connectivity index is 1.93. The molecule has 0 bridgehead atoms.